The summed E-state index contributed by atoms with van der Waals surface area (Å²) in [4.78, 5) is 14.8. The molecule has 2 N–H and O–H groups in total. The van der Waals surface area contributed by atoms with E-state index in [1.807, 2.05) is 6.07 Å². The maximum atomic E-state index is 14.7. The van der Waals surface area contributed by atoms with Crippen molar-refractivity contribution in [1.29, 1.82) is 5.26 Å². The lowest BCUT2D eigenvalue weighted by Gasteiger charge is -2.29. The number of halogens is 1. The Kier molecular flexibility index (Phi) is 5.65. The van der Waals surface area contributed by atoms with Crippen molar-refractivity contribution in [3.05, 3.63) is 35.1 Å². The minimum absolute atomic E-state index is 0.123. The highest BCUT2D eigenvalue weighted by atomic mass is 19.1. The van der Waals surface area contributed by atoms with Crippen molar-refractivity contribution in [2.45, 2.75) is 62.6 Å². The van der Waals surface area contributed by atoms with Gasteiger partial charge in [0.05, 0.1) is 12.1 Å². The number of carbonyl (C=O) groups is 1. The minimum Gasteiger partial charge on any atom is -0.339 e. The van der Waals surface area contributed by atoms with Crippen molar-refractivity contribution >= 4 is 5.91 Å². The van der Waals surface area contributed by atoms with Crippen LogP contribution in [0.2, 0.25) is 0 Å². The molecular formula is C22H29FN4O. The maximum Gasteiger partial charge on any atom is 0.238 e. The number of fused-ring (bicyclic) bond motifs is 2. The van der Waals surface area contributed by atoms with Crippen LogP contribution in [0, 0.1) is 23.1 Å². The predicted octanol–water partition coefficient (Wildman–Crippen LogP) is 2.33. The monoisotopic (exact) mass is 384 g/mol. The lowest BCUT2D eigenvalue weighted by atomic mass is 9.88. The van der Waals surface area contributed by atoms with Crippen LogP contribution in [0.15, 0.2) is 18.2 Å². The maximum absolute atomic E-state index is 14.7. The Hall–Kier alpha value is -1.97. The third-order valence-corrected chi connectivity index (χ3v) is 6.81. The summed E-state index contributed by atoms with van der Waals surface area (Å²) in [5, 5.41) is 15.6. The van der Waals surface area contributed by atoms with Crippen LogP contribution in [0.1, 0.15) is 49.1 Å². The zero-order chi connectivity index (χ0) is 19.7. The van der Waals surface area contributed by atoms with E-state index >= 15 is 0 Å². The number of rotatable bonds is 5. The van der Waals surface area contributed by atoms with Gasteiger partial charge in [0.15, 0.2) is 0 Å². The Labute approximate surface area is 166 Å². The van der Waals surface area contributed by atoms with E-state index in [0.717, 1.165) is 50.8 Å². The van der Waals surface area contributed by atoms with Gasteiger partial charge in [-0.15, -0.1) is 0 Å². The van der Waals surface area contributed by atoms with Gasteiger partial charge in [0, 0.05) is 12.5 Å². The average molecular weight is 384 g/mol. The molecule has 0 radical (unpaired) electrons. The molecule has 4 atom stereocenters. The third kappa shape index (κ3) is 4.06. The van der Waals surface area contributed by atoms with Gasteiger partial charge in [-0.25, -0.2) is 4.39 Å². The van der Waals surface area contributed by atoms with Crippen molar-refractivity contribution in [3.63, 3.8) is 0 Å². The minimum atomic E-state index is -0.711. The number of benzene rings is 1. The Morgan fingerprint density at radius 1 is 1.36 bits per heavy atom. The molecule has 2 bridgehead atoms. The number of piperidine rings is 2. The number of nitriles is 1. The number of amides is 1. The number of nitrogens with one attached hydrogen (secondary N) is 2. The highest BCUT2D eigenvalue weighted by molar-refractivity contribution is 5.83. The molecule has 0 spiro atoms. The number of hydrogen-bond acceptors (Lipinski definition) is 4. The summed E-state index contributed by atoms with van der Waals surface area (Å²) in [6, 6.07) is 7.05. The Bertz CT molecular complexity index is 768. The van der Waals surface area contributed by atoms with Crippen LogP contribution in [0.3, 0.4) is 0 Å². The highest BCUT2D eigenvalue weighted by Gasteiger charge is 2.43. The second kappa shape index (κ2) is 8.18. The van der Waals surface area contributed by atoms with E-state index in [4.69, 9.17) is 0 Å². The Morgan fingerprint density at radius 2 is 2.14 bits per heavy atom. The summed E-state index contributed by atoms with van der Waals surface area (Å²) in [5.41, 5.74) is 1.53. The zero-order valence-electron chi connectivity index (χ0n) is 16.5. The summed E-state index contributed by atoms with van der Waals surface area (Å²) < 4.78 is 14.7. The first kappa shape index (κ1) is 19.4. The molecule has 3 fully saturated rings. The zero-order valence-corrected chi connectivity index (χ0v) is 16.5. The lowest BCUT2D eigenvalue weighted by Crippen LogP contribution is -2.50. The fraction of sp³-hybridized carbons (Fsp3) is 0.636. The molecule has 1 saturated carbocycles. The normalized spacial score (nSPS) is 28.8. The first-order chi connectivity index (χ1) is 13.5. The van der Waals surface area contributed by atoms with E-state index in [2.05, 4.69) is 28.7 Å². The standard InChI is InChI=1S/C22H29FN4O/c1-27-8-6-14(7-9-27)15-2-3-16(20(23)12-15)10-19(13-24)26-22(28)21-17-4-5-18(11-17)25-21/h2-3,12,14,17-19,21,25H,4-11H2,1H3,(H,26,28). The van der Waals surface area contributed by atoms with Crippen LogP contribution in [0.4, 0.5) is 4.39 Å². The number of carbonyl (C=O) groups excluding carboxylic acids is 1. The molecule has 6 heteroatoms. The van der Waals surface area contributed by atoms with Gasteiger partial charge in [-0.2, -0.15) is 5.26 Å². The van der Waals surface area contributed by atoms with Gasteiger partial charge in [-0.05, 0) is 81.3 Å². The highest BCUT2D eigenvalue weighted by Crippen LogP contribution is 2.35. The van der Waals surface area contributed by atoms with E-state index in [-0.39, 0.29) is 24.2 Å². The molecule has 1 aromatic carbocycles. The molecule has 3 aliphatic rings. The lowest BCUT2D eigenvalue weighted by molar-refractivity contribution is -0.124. The van der Waals surface area contributed by atoms with Gasteiger partial charge in [0.25, 0.3) is 0 Å². The summed E-state index contributed by atoms with van der Waals surface area (Å²) in [5.74, 6) is 0.371. The second-order valence-electron chi connectivity index (χ2n) is 8.74. The summed E-state index contributed by atoms with van der Waals surface area (Å²) in [7, 11) is 2.11. The van der Waals surface area contributed by atoms with E-state index < -0.39 is 6.04 Å². The summed E-state index contributed by atoms with van der Waals surface area (Å²) in [6.07, 6.45) is 5.53. The van der Waals surface area contributed by atoms with Crippen molar-refractivity contribution < 1.29 is 9.18 Å². The van der Waals surface area contributed by atoms with Crippen molar-refractivity contribution in [3.8, 4) is 6.07 Å². The van der Waals surface area contributed by atoms with Gasteiger partial charge >= 0.3 is 0 Å². The second-order valence-corrected chi connectivity index (χ2v) is 8.74. The molecule has 150 valence electrons. The molecule has 2 saturated heterocycles. The molecule has 5 nitrogen and oxygen atoms in total. The number of hydrogen-bond donors (Lipinski definition) is 2. The van der Waals surface area contributed by atoms with Crippen LogP contribution >= 0.6 is 0 Å². The quantitative estimate of drug-likeness (QED) is 0.818. The first-order valence-corrected chi connectivity index (χ1v) is 10.5. The Morgan fingerprint density at radius 3 is 2.75 bits per heavy atom. The average Bonchev–Trinajstić information content (AvgIpc) is 3.33. The molecule has 2 aliphatic heterocycles. The molecule has 1 amide bonds. The molecule has 2 heterocycles. The van der Waals surface area contributed by atoms with Crippen molar-refractivity contribution in [2.75, 3.05) is 20.1 Å². The van der Waals surface area contributed by atoms with Gasteiger partial charge in [-0.3, -0.25) is 4.79 Å². The molecule has 0 aromatic heterocycles. The van der Waals surface area contributed by atoms with E-state index in [1.54, 1.807) is 12.1 Å². The SMILES string of the molecule is CN1CCC(c2ccc(CC(C#N)NC(=O)C3NC4CCC3C4)c(F)c2)CC1. The van der Waals surface area contributed by atoms with Crippen LogP contribution in [0.5, 0.6) is 0 Å². The summed E-state index contributed by atoms with van der Waals surface area (Å²) >= 11 is 0. The molecular weight excluding hydrogens is 355 g/mol. The van der Waals surface area contributed by atoms with Crippen molar-refractivity contribution in [1.82, 2.24) is 15.5 Å². The van der Waals surface area contributed by atoms with Crippen LogP contribution in [-0.2, 0) is 11.2 Å². The molecule has 1 aliphatic carbocycles. The van der Waals surface area contributed by atoms with Crippen LogP contribution in [0.25, 0.3) is 0 Å². The molecule has 4 unspecified atom stereocenters. The van der Waals surface area contributed by atoms with Crippen molar-refractivity contribution in [2.24, 2.45) is 5.92 Å². The Balaban J connectivity index is 1.37. The number of likely N-dealkylation sites (tertiary alicyclic amines) is 1. The van der Waals surface area contributed by atoms with E-state index in [0.29, 0.717) is 23.4 Å². The largest absolute Gasteiger partial charge is 0.339 e. The van der Waals surface area contributed by atoms with Gasteiger partial charge in [0.1, 0.15) is 11.9 Å². The predicted molar refractivity (Wildman–Crippen MR) is 105 cm³/mol. The van der Waals surface area contributed by atoms with Gasteiger partial charge in [0.2, 0.25) is 5.91 Å². The fourth-order valence-electron chi connectivity index (χ4n) is 5.09. The van der Waals surface area contributed by atoms with Crippen LogP contribution in [-0.4, -0.2) is 49.1 Å². The van der Waals surface area contributed by atoms with E-state index in [1.165, 1.54) is 0 Å². The third-order valence-electron chi connectivity index (χ3n) is 6.81. The van der Waals surface area contributed by atoms with Gasteiger partial charge in [-0.1, -0.05) is 12.1 Å². The van der Waals surface area contributed by atoms with E-state index in [9.17, 15) is 14.4 Å². The fourth-order valence-corrected chi connectivity index (χ4v) is 5.09. The molecule has 28 heavy (non-hydrogen) atoms. The summed E-state index contributed by atoms with van der Waals surface area (Å²) in [6.45, 7) is 2.07. The number of nitrogens with zero attached hydrogens (tertiary/aromatic N) is 2. The molecule has 1 aromatic rings. The first-order valence-electron chi connectivity index (χ1n) is 10.5. The topological polar surface area (TPSA) is 68.2 Å². The smallest absolute Gasteiger partial charge is 0.238 e. The van der Waals surface area contributed by atoms with Crippen LogP contribution < -0.4 is 10.6 Å². The molecule has 4 rings (SSSR count). The van der Waals surface area contributed by atoms with Gasteiger partial charge < -0.3 is 15.5 Å².